The third kappa shape index (κ3) is 3.74. The molecule has 0 aliphatic rings. The highest BCUT2D eigenvalue weighted by atomic mass is 79.9. The molecule has 0 saturated carbocycles. The first-order valence-corrected chi connectivity index (χ1v) is 7.12. The van der Waals surface area contributed by atoms with Gasteiger partial charge in [-0.25, -0.2) is 0 Å². The first-order chi connectivity index (χ1) is 9.60. The van der Waals surface area contributed by atoms with Crippen LogP contribution in [0.3, 0.4) is 0 Å². The number of hydrogen-bond acceptors (Lipinski definition) is 3. The van der Waals surface area contributed by atoms with Crippen molar-refractivity contribution >= 4 is 15.9 Å². The zero-order valence-corrected chi connectivity index (χ0v) is 13.1. The smallest absolute Gasteiger partial charge is 0.125 e. The molecule has 2 rings (SSSR count). The van der Waals surface area contributed by atoms with Crippen molar-refractivity contribution in [3.63, 3.8) is 0 Å². The van der Waals surface area contributed by atoms with Gasteiger partial charge in [0, 0.05) is 10.0 Å². The zero-order valence-electron chi connectivity index (χ0n) is 11.5. The maximum absolute atomic E-state index is 9.46. The van der Waals surface area contributed by atoms with Gasteiger partial charge in [0.1, 0.15) is 18.1 Å². The zero-order chi connectivity index (χ0) is 14.5. The van der Waals surface area contributed by atoms with Crippen molar-refractivity contribution in [3.8, 4) is 11.5 Å². The van der Waals surface area contributed by atoms with E-state index < -0.39 is 6.10 Å². The third-order valence-electron chi connectivity index (χ3n) is 3.00. The maximum atomic E-state index is 9.46. The van der Waals surface area contributed by atoms with Crippen molar-refractivity contribution in [1.82, 2.24) is 0 Å². The second-order valence-electron chi connectivity index (χ2n) is 4.49. The largest absolute Gasteiger partial charge is 0.496 e. The average Bonchev–Trinajstić information content (AvgIpc) is 2.45. The molecule has 0 amide bonds. The number of rotatable bonds is 5. The van der Waals surface area contributed by atoms with Crippen molar-refractivity contribution in [2.24, 2.45) is 0 Å². The van der Waals surface area contributed by atoms with Gasteiger partial charge in [-0.15, -0.1) is 0 Å². The Bertz CT molecular complexity index is 564. The standard InChI is InChI=1S/C16H17BrO3/c1-11(18)12-3-6-15(7-4-12)20-10-13-9-14(17)5-8-16(13)19-2/h3-9,11,18H,10H2,1-2H3/t11-/m1/s1. The Balaban J connectivity index is 2.06. The van der Waals surface area contributed by atoms with Crippen LogP contribution in [0.1, 0.15) is 24.2 Å². The highest BCUT2D eigenvalue weighted by Crippen LogP contribution is 2.25. The van der Waals surface area contributed by atoms with E-state index in [1.807, 2.05) is 42.5 Å². The van der Waals surface area contributed by atoms with Crippen molar-refractivity contribution in [2.45, 2.75) is 19.6 Å². The molecule has 0 unspecified atom stereocenters. The molecule has 3 nitrogen and oxygen atoms in total. The third-order valence-corrected chi connectivity index (χ3v) is 3.49. The van der Waals surface area contributed by atoms with Crippen molar-refractivity contribution in [1.29, 1.82) is 0 Å². The number of ether oxygens (including phenoxy) is 2. The number of aliphatic hydroxyl groups excluding tert-OH is 1. The van der Waals surface area contributed by atoms with Gasteiger partial charge in [-0.3, -0.25) is 0 Å². The van der Waals surface area contributed by atoms with E-state index in [1.54, 1.807) is 14.0 Å². The molecule has 4 heteroatoms. The first kappa shape index (κ1) is 14.9. The highest BCUT2D eigenvalue weighted by Gasteiger charge is 2.05. The molecule has 0 radical (unpaired) electrons. The minimum Gasteiger partial charge on any atom is -0.496 e. The Labute approximate surface area is 127 Å². The molecule has 106 valence electrons. The molecule has 0 aliphatic heterocycles. The molecule has 0 aliphatic carbocycles. The number of halogens is 1. The summed E-state index contributed by atoms with van der Waals surface area (Å²) in [4.78, 5) is 0. The molecule has 0 aromatic heterocycles. The van der Waals surface area contributed by atoms with Gasteiger partial charge < -0.3 is 14.6 Å². The lowest BCUT2D eigenvalue weighted by molar-refractivity contribution is 0.199. The fraction of sp³-hybridized carbons (Fsp3) is 0.250. The molecule has 2 aromatic rings. The molecule has 0 spiro atoms. The fourth-order valence-electron chi connectivity index (χ4n) is 1.86. The van der Waals surface area contributed by atoms with Crippen LogP contribution in [0.4, 0.5) is 0 Å². The van der Waals surface area contributed by atoms with Gasteiger partial charge in [-0.05, 0) is 42.8 Å². The summed E-state index contributed by atoms with van der Waals surface area (Å²) in [6, 6.07) is 13.2. The molecule has 0 bridgehead atoms. The van der Waals surface area contributed by atoms with Crippen LogP contribution in [0.25, 0.3) is 0 Å². The van der Waals surface area contributed by atoms with Crippen LogP contribution in [0.5, 0.6) is 11.5 Å². The molecule has 0 fully saturated rings. The summed E-state index contributed by atoms with van der Waals surface area (Å²) in [6.45, 7) is 2.17. The summed E-state index contributed by atoms with van der Waals surface area (Å²) in [5.41, 5.74) is 1.85. The quantitative estimate of drug-likeness (QED) is 0.893. The maximum Gasteiger partial charge on any atom is 0.125 e. The number of benzene rings is 2. The summed E-state index contributed by atoms with van der Waals surface area (Å²) >= 11 is 3.44. The van der Waals surface area contributed by atoms with E-state index in [9.17, 15) is 5.11 Å². The Morgan fingerprint density at radius 1 is 1.15 bits per heavy atom. The van der Waals surface area contributed by atoms with Crippen LogP contribution in [0.2, 0.25) is 0 Å². The minimum atomic E-state index is -0.464. The van der Waals surface area contributed by atoms with Gasteiger partial charge in [0.05, 0.1) is 13.2 Å². The van der Waals surface area contributed by atoms with E-state index in [2.05, 4.69) is 15.9 Å². The molecular weight excluding hydrogens is 320 g/mol. The van der Waals surface area contributed by atoms with Crippen LogP contribution in [-0.2, 0) is 6.61 Å². The molecular formula is C16H17BrO3. The Kier molecular flexibility index (Phi) is 5.04. The Morgan fingerprint density at radius 3 is 2.45 bits per heavy atom. The van der Waals surface area contributed by atoms with Crippen LogP contribution in [0.15, 0.2) is 46.9 Å². The lowest BCUT2D eigenvalue weighted by Gasteiger charge is -2.11. The topological polar surface area (TPSA) is 38.7 Å². The Morgan fingerprint density at radius 2 is 1.85 bits per heavy atom. The van der Waals surface area contributed by atoms with Crippen LogP contribution < -0.4 is 9.47 Å². The van der Waals surface area contributed by atoms with E-state index in [0.717, 1.165) is 27.1 Å². The van der Waals surface area contributed by atoms with E-state index in [4.69, 9.17) is 9.47 Å². The van der Waals surface area contributed by atoms with E-state index in [0.29, 0.717) is 6.61 Å². The lowest BCUT2D eigenvalue weighted by Crippen LogP contribution is -1.99. The second kappa shape index (κ2) is 6.77. The fourth-order valence-corrected chi connectivity index (χ4v) is 2.27. The normalized spacial score (nSPS) is 12.0. The molecule has 1 N–H and O–H groups in total. The number of aliphatic hydroxyl groups is 1. The van der Waals surface area contributed by atoms with Gasteiger partial charge >= 0.3 is 0 Å². The minimum absolute atomic E-state index is 0.427. The summed E-state index contributed by atoms with van der Waals surface area (Å²) < 4.78 is 12.0. The molecule has 2 aromatic carbocycles. The monoisotopic (exact) mass is 336 g/mol. The van der Waals surface area contributed by atoms with Crippen LogP contribution >= 0.6 is 15.9 Å². The SMILES string of the molecule is COc1ccc(Br)cc1COc1ccc([C@@H](C)O)cc1. The van der Waals surface area contributed by atoms with Crippen LogP contribution in [-0.4, -0.2) is 12.2 Å². The van der Waals surface area contributed by atoms with Crippen molar-refractivity contribution < 1.29 is 14.6 Å². The van der Waals surface area contributed by atoms with Gasteiger partial charge in [0.2, 0.25) is 0 Å². The van der Waals surface area contributed by atoms with Crippen molar-refractivity contribution in [3.05, 3.63) is 58.1 Å². The highest BCUT2D eigenvalue weighted by molar-refractivity contribution is 9.10. The van der Waals surface area contributed by atoms with Gasteiger partial charge in [-0.2, -0.15) is 0 Å². The van der Waals surface area contributed by atoms with Crippen LogP contribution in [0, 0.1) is 0 Å². The van der Waals surface area contributed by atoms with Gasteiger partial charge in [-0.1, -0.05) is 28.1 Å². The summed E-state index contributed by atoms with van der Waals surface area (Å²) in [7, 11) is 1.64. The molecule has 0 saturated heterocycles. The number of hydrogen-bond donors (Lipinski definition) is 1. The molecule has 0 heterocycles. The second-order valence-corrected chi connectivity index (χ2v) is 5.41. The number of methoxy groups -OCH3 is 1. The summed E-state index contributed by atoms with van der Waals surface area (Å²) in [6.07, 6.45) is -0.464. The van der Waals surface area contributed by atoms with Gasteiger partial charge in [0.25, 0.3) is 0 Å². The predicted octanol–water partition coefficient (Wildman–Crippen LogP) is 4.09. The van der Waals surface area contributed by atoms with Crippen molar-refractivity contribution in [2.75, 3.05) is 7.11 Å². The lowest BCUT2D eigenvalue weighted by atomic mass is 10.1. The average molecular weight is 337 g/mol. The molecule has 20 heavy (non-hydrogen) atoms. The summed E-state index contributed by atoms with van der Waals surface area (Å²) in [5.74, 6) is 1.56. The van der Waals surface area contributed by atoms with Gasteiger partial charge in [0.15, 0.2) is 0 Å². The predicted molar refractivity (Wildman–Crippen MR) is 82.1 cm³/mol. The van der Waals surface area contributed by atoms with E-state index in [-0.39, 0.29) is 0 Å². The Hall–Kier alpha value is -1.52. The first-order valence-electron chi connectivity index (χ1n) is 6.33. The van der Waals surface area contributed by atoms with E-state index in [1.165, 1.54) is 0 Å². The summed E-state index contributed by atoms with van der Waals surface area (Å²) in [5, 5.41) is 9.46. The molecule has 1 atom stereocenters. The van der Waals surface area contributed by atoms with E-state index >= 15 is 0 Å².